The number of halogens is 3. The van der Waals surface area contributed by atoms with Crippen LogP contribution in [0.4, 0.5) is 4.39 Å². The van der Waals surface area contributed by atoms with Crippen LogP contribution in [0, 0.1) is 5.82 Å². The molecule has 1 aliphatic rings. The molecule has 0 saturated carbocycles. The number of imidazole rings is 1. The van der Waals surface area contributed by atoms with Crippen LogP contribution in [0.3, 0.4) is 0 Å². The summed E-state index contributed by atoms with van der Waals surface area (Å²) in [6, 6.07) is 2.94. The van der Waals surface area contributed by atoms with Gasteiger partial charge in [-0.25, -0.2) is 14.1 Å². The number of benzene rings is 1. The fourth-order valence-electron chi connectivity index (χ4n) is 2.39. The molecule has 4 nitrogen and oxygen atoms in total. The number of morpholine rings is 1. The maximum atomic E-state index is 13.6. The maximum Gasteiger partial charge on any atom is 0.146 e. The van der Waals surface area contributed by atoms with E-state index in [1.165, 1.54) is 6.07 Å². The first-order valence-corrected chi connectivity index (χ1v) is 7.24. The molecular weight excluding hydrogens is 304 g/mol. The van der Waals surface area contributed by atoms with Crippen LogP contribution in [-0.2, 0) is 4.74 Å². The van der Waals surface area contributed by atoms with Gasteiger partial charge in [-0.2, -0.15) is 0 Å². The number of nitrogens with zero attached hydrogens (tertiary/aromatic N) is 3. The summed E-state index contributed by atoms with van der Waals surface area (Å²) in [6.07, 6.45) is 0. The van der Waals surface area contributed by atoms with Gasteiger partial charge < -0.3 is 9.75 Å². The predicted molar refractivity (Wildman–Crippen MR) is 77.7 cm³/mol. The van der Waals surface area contributed by atoms with E-state index in [2.05, 4.69) is 9.99 Å². The average Bonchev–Trinajstić information content (AvgIpc) is 2.79. The third-order valence-corrected chi connectivity index (χ3v) is 3.81. The maximum absolute atomic E-state index is 13.6. The van der Waals surface area contributed by atoms with E-state index in [0.29, 0.717) is 24.6 Å². The number of ether oxygens (including phenoxy) is 1. The van der Waals surface area contributed by atoms with Crippen molar-refractivity contribution in [3.05, 3.63) is 28.8 Å². The Morgan fingerprint density at radius 1 is 1.35 bits per heavy atom. The fourth-order valence-corrected chi connectivity index (χ4v) is 2.69. The molecule has 1 aromatic carbocycles. The zero-order valence-electron chi connectivity index (χ0n) is 10.9. The molecular formula is C13H14Cl2FN3O. The lowest BCUT2D eigenvalue weighted by Gasteiger charge is -2.31. The van der Waals surface area contributed by atoms with Crippen LogP contribution < -0.4 is 5.01 Å². The quantitative estimate of drug-likeness (QED) is 0.797. The Morgan fingerprint density at radius 2 is 2.05 bits per heavy atom. The van der Waals surface area contributed by atoms with Crippen molar-refractivity contribution in [1.29, 1.82) is 0 Å². The summed E-state index contributed by atoms with van der Waals surface area (Å²) in [5.74, 6) is 0.213. The molecule has 2 heterocycles. The average molecular weight is 318 g/mol. The molecule has 0 N–H and O–H groups in total. The van der Waals surface area contributed by atoms with E-state index < -0.39 is 5.82 Å². The van der Waals surface area contributed by atoms with E-state index >= 15 is 0 Å². The third kappa shape index (κ3) is 2.34. The summed E-state index contributed by atoms with van der Waals surface area (Å²) in [6.45, 7) is 4.60. The van der Waals surface area contributed by atoms with Gasteiger partial charge in [0.2, 0.25) is 0 Å². The highest BCUT2D eigenvalue weighted by Crippen LogP contribution is 2.28. The number of fused-ring (bicyclic) bond motifs is 1. The second kappa shape index (κ2) is 5.39. The zero-order valence-corrected chi connectivity index (χ0v) is 12.5. The second-order valence-corrected chi connectivity index (χ2v) is 5.78. The topological polar surface area (TPSA) is 30.3 Å². The van der Waals surface area contributed by atoms with Gasteiger partial charge in [-0.3, -0.25) is 0 Å². The minimum atomic E-state index is -0.473. The summed E-state index contributed by atoms with van der Waals surface area (Å²) in [4.78, 5) is 4.44. The van der Waals surface area contributed by atoms with Gasteiger partial charge in [0.05, 0.1) is 47.7 Å². The molecule has 0 radical (unpaired) electrons. The Balaban J connectivity index is 2.20. The van der Waals surface area contributed by atoms with E-state index in [1.54, 1.807) is 6.07 Å². The van der Waals surface area contributed by atoms with Gasteiger partial charge >= 0.3 is 0 Å². The molecule has 1 fully saturated rings. The first-order valence-electron chi connectivity index (χ1n) is 6.42. The van der Waals surface area contributed by atoms with Crippen LogP contribution in [0.25, 0.3) is 11.0 Å². The highest BCUT2D eigenvalue weighted by molar-refractivity contribution is 6.31. The number of hydrogen-bond donors (Lipinski definition) is 0. The van der Waals surface area contributed by atoms with Crippen molar-refractivity contribution in [3.63, 3.8) is 0 Å². The van der Waals surface area contributed by atoms with Crippen LogP contribution in [0.1, 0.15) is 18.1 Å². The first-order chi connectivity index (χ1) is 9.58. The van der Waals surface area contributed by atoms with Crippen LogP contribution in [0.2, 0.25) is 5.02 Å². The molecule has 0 aliphatic carbocycles. The molecule has 0 bridgehead atoms. The van der Waals surface area contributed by atoms with Gasteiger partial charge in [-0.05, 0) is 13.0 Å². The smallest absolute Gasteiger partial charge is 0.146 e. The zero-order chi connectivity index (χ0) is 14.3. The lowest BCUT2D eigenvalue weighted by atomic mass is 10.3. The van der Waals surface area contributed by atoms with Gasteiger partial charge in [0, 0.05) is 6.07 Å². The highest BCUT2D eigenvalue weighted by atomic mass is 35.5. The second-order valence-electron chi connectivity index (χ2n) is 4.72. The Morgan fingerprint density at radius 3 is 2.70 bits per heavy atom. The van der Waals surface area contributed by atoms with E-state index in [4.69, 9.17) is 27.9 Å². The molecule has 1 aromatic heterocycles. The lowest BCUT2D eigenvalue weighted by molar-refractivity contribution is 0.111. The van der Waals surface area contributed by atoms with Crippen molar-refractivity contribution in [3.8, 4) is 0 Å². The third-order valence-electron chi connectivity index (χ3n) is 3.32. The highest BCUT2D eigenvalue weighted by Gasteiger charge is 2.22. The normalized spacial score (nSPS) is 17.7. The molecule has 0 spiro atoms. The largest absolute Gasteiger partial charge is 0.378 e. The molecule has 1 atom stereocenters. The van der Waals surface area contributed by atoms with Gasteiger partial charge in [0.1, 0.15) is 11.6 Å². The van der Waals surface area contributed by atoms with Gasteiger partial charge in [-0.15, -0.1) is 11.6 Å². The van der Waals surface area contributed by atoms with E-state index in [-0.39, 0.29) is 10.4 Å². The molecule has 0 amide bonds. The van der Waals surface area contributed by atoms with Crippen LogP contribution in [0.5, 0.6) is 0 Å². The van der Waals surface area contributed by atoms with Gasteiger partial charge in [0.15, 0.2) is 0 Å². The Labute approximate surface area is 126 Å². The Bertz CT molecular complexity index is 638. The summed E-state index contributed by atoms with van der Waals surface area (Å²) in [7, 11) is 0. The molecule has 1 aliphatic heterocycles. The van der Waals surface area contributed by atoms with Crippen LogP contribution >= 0.6 is 23.2 Å². The fraction of sp³-hybridized carbons (Fsp3) is 0.462. The van der Waals surface area contributed by atoms with Crippen molar-refractivity contribution in [2.75, 3.05) is 31.3 Å². The summed E-state index contributed by atoms with van der Waals surface area (Å²) >= 11 is 12.1. The van der Waals surface area contributed by atoms with E-state index in [1.807, 2.05) is 11.6 Å². The van der Waals surface area contributed by atoms with E-state index in [0.717, 1.165) is 18.6 Å². The van der Waals surface area contributed by atoms with Crippen LogP contribution in [-0.4, -0.2) is 36.0 Å². The minimum absolute atomic E-state index is 0.0840. The molecule has 2 aromatic rings. The van der Waals surface area contributed by atoms with Crippen molar-refractivity contribution in [1.82, 2.24) is 9.66 Å². The summed E-state index contributed by atoms with van der Waals surface area (Å²) in [5, 5.41) is 1.90. The SMILES string of the molecule is CC(Cl)c1nc2cc(F)c(Cl)cc2n1N1CCOCC1. The lowest BCUT2D eigenvalue weighted by Crippen LogP contribution is -2.44. The molecule has 20 heavy (non-hydrogen) atoms. The molecule has 108 valence electrons. The Hall–Kier alpha value is -1.04. The first kappa shape index (κ1) is 13.9. The summed E-state index contributed by atoms with van der Waals surface area (Å²) in [5.41, 5.74) is 1.32. The molecule has 3 rings (SSSR count). The minimum Gasteiger partial charge on any atom is -0.378 e. The summed E-state index contributed by atoms with van der Waals surface area (Å²) < 4.78 is 20.9. The van der Waals surface area contributed by atoms with Crippen molar-refractivity contribution < 1.29 is 9.13 Å². The van der Waals surface area contributed by atoms with Crippen LogP contribution in [0.15, 0.2) is 12.1 Å². The van der Waals surface area contributed by atoms with Gasteiger partial charge in [0.25, 0.3) is 0 Å². The van der Waals surface area contributed by atoms with Gasteiger partial charge in [-0.1, -0.05) is 11.6 Å². The predicted octanol–water partition coefficient (Wildman–Crippen LogP) is 3.10. The Kier molecular flexibility index (Phi) is 3.75. The van der Waals surface area contributed by atoms with Crippen molar-refractivity contribution >= 4 is 34.2 Å². The monoisotopic (exact) mass is 317 g/mol. The standard InChI is InChI=1S/C13H14Cl2FN3O/c1-8(14)13-17-11-7-10(16)9(15)6-12(11)19(13)18-2-4-20-5-3-18/h6-8H,2-5H2,1H3. The molecule has 1 unspecified atom stereocenters. The van der Waals surface area contributed by atoms with Crippen molar-refractivity contribution in [2.45, 2.75) is 12.3 Å². The van der Waals surface area contributed by atoms with Crippen molar-refractivity contribution in [2.24, 2.45) is 0 Å². The van der Waals surface area contributed by atoms with E-state index in [9.17, 15) is 4.39 Å². The molecule has 7 heteroatoms. The molecule has 1 saturated heterocycles. The number of alkyl halides is 1. The number of hydrogen-bond acceptors (Lipinski definition) is 3. The number of rotatable bonds is 2. The number of aromatic nitrogens is 2.